The summed E-state index contributed by atoms with van der Waals surface area (Å²) in [4.78, 5) is 16.6. The Morgan fingerprint density at radius 2 is 2.39 bits per heavy atom. The van der Waals surface area contributed by atoms with Crippen molar-refractivity contribution in [3.63, 3.8) is 0 Å². The fraction of sp³-hybridized carbons (Fsp3) is 0.571. The fourth-order valence-corrected chi connectivity index (χ4v) is 2.54. The van der Waals surface area contributed by atoms with Crippen molar-refractivity contribution in [2.45, 2.75) is 45.2 Å². The van der Waals surface area contributed by atoms with E-state index in [4.69, 9.17) is 5.73 Å². The van der Waals surface area contributed by atoms with Gasteiger partial charge < -0.3 is 11.1 Å². The monoisotopic (exact) mass is 247 g/mol. The molecule has 1 fully saturated rings. The van der Waals surface area contributed by atoms with Crippen LogP contribution in [0.15, 0.2) is 24.4 Å². The van der Waals surface area contributed by atoms with Crippen LogP contribution in [0.5, 0.6) is 0 Å². The van der Waals surface area contributed by atoms with Crippen molar-refractivity contribution in [1.29, 1.82) is 0 Å². The zero-order chi connectivity index (χ0) is 13.2. The first-order valence-electron chi connectivity index (χ1n) is 6.51. The summed E-state index contributed by atoms with van der Waals surface area (Å²) in [6.45, 7) is 3.91. The first-order valence-corrected chi connectivity index (χ1v) is 6.51. The number of carbonyl (C=O) groups is 1. The van der Waals surface area contributed by atoms with Crippen LogP contribution in [0.4, 0.5) is 0 Å². The molecule has 0 radical (unpaired) electrons. The number of carbonyl (C=O) groups excluding carboxylic acids is 1. The normalized spacial score (nSPS) is 28.9. The molecular formula is C14H21N3O. The minimum absolute atomic E-state index is 0.0339. The van der Waals surface area contributed by atoms with Gasteiger partial charge >= 0.3 is 0 Å². The largest absolute Gasteiger partial charge is 0.347 e. The maximum absolute atomic E-state index is 12.3. The van der Waals surface area contributed by atoms with Gasteiger partial charge in [0.1, 0.15) is 0 Å². The molecule has 4 nitrogen and oxygen atoms in total. The smallest absolute Gasteiger partial charge is 0.228 e. The van der Waals surface area contributed by atoms with E-state index in [9.17, 15) is 4.79 Å². The third-order valence-corrected chi connectivity index (χ3v) is 4.03. The van der Waals surface area contributed by atoms with Gasteiger partial charge in [0, 0.05) is 12.2 Å². The van der Waals surface area contributed by atoms with Crippen LogP contribution in [-0.4, -0.2) is 16.9 Å². The average Bonchev–Trinajstić information content (AvgIpc) is 2.72. The van der Waals surface area contributed by atoms with E-state index >= 15 is 0 Å². The molecule has 4 heteroatoms. The zero-order valence-electron chi connectivity index (χ0n) is 11.0. The summed E-state index contributed by atoms with van der Waals surface area (Å²) in [6.07, 6.45) is 4.57. The molecule has 0 saturated heterocycles. The third-order valence-electron chi connectivity index (χ3n) is 4.03. The maximum Gasteiger partial charge on any atom is 0.228 e. The lowest BCUT2D eigenvalue weighted by Gasteiger charge is -2.29. The molecule has 1 aliphatic carbocycles. The number of hydrogen-bond donors (Lipinski definition) is 2. The van der Waals surface area contributed by atoms with Crippen molar-refractivity contribution in [3.05, 3.63) is 30.1 Å². The molecule has 2 rings (SSSR count). The third kappa shape index (κ3) is 2.38. The maximum atomic E-state index is 12.3. The lowest BCUT2D eigenvalue weighted by molar-refractivity contribution is -0.131. The molecule has 0 spiro atoms. The van der Waals surface area contributed by atoms with Crippen molar-refractivity contribution < 1.29 is 4.79 Å². The minimum atomic E-state index is -0.428. The highest BCUT2D eigenvalue weighted by atomic mass is 16.2. The predicted octanol–water partition coefficient (Wildman–Crippen LogP) is 1.78. The van der Waals surface area contributed by atoms with Crippen molar-refractivity contribution >= 4 is 5.91 Å². The number of pyridine rings is 1. The van der Waals surface area contributed by atoms with Gasteiger partial charge in [-0.15, -0.1) is 0 Å². The molecule has 2 unspecified atom stereocenters. The van der Waals surface area contributed by atoms with Crippen LogP contribution in [0.25, 0.3) is 0 Å². The standard InChI is InChI=1S/C14H21N3O/c1-10(11-6-3-4-9-16-11)17-13(18)14(2)8-5-7-12(14)15/h3-4,6,9-10,12H,5,7-8,15H2,1-2H3,(H,17,18)/t10-,12?,14?/m0/s1. The Kier molecular flexibility index (Phi) is 3.66. The highest BCUT2D eigenvalue weighted by molar-refractivity contribution is 5.83. The van der Waals surface area contributed by atoms with E-state index in [-0.39, 0.29) is 18.0 Å². The summed E-state index contributed by atoms with van der Waals surface area (Å²) >= 11 is 0. The van der Waals surface area contributed by atoms with E-state index < -0.39 is 5.41 Å². The molecule has 1 amide bonds. The summed E-state index contributed by atoms with van der Waals surface area (Å²) in [7, 11) is 0. The van der Waals surface area contributed by atoms with Crippen LogP contribution in [0.3, 0.4) is 0 Å². The van der Waals surface area contributed by atoms with E-state index in [0.29, 0.717) is 0 Å². The lowest BCUT2D eigenvalue weighted by atomic mass is 9.84. The summed E-state index contributed by atoms with van der Waals surface area (Å²) in [5.74, 6) is 0.0469. The van der Waals surface area contributed by atoms with E-state index in [0.717, 1.165) is 25.0 Å². The number of nitrogens with two attached hydrogens (primary N) is 1. The Balaban J connectivity index is 2.04. The van der Waals surface area contributed by atoms with Gasteiger partial charge in [-0.05, 0) is 38.8 Å². The van der Waals surface area contributed by atoms with Gasteiger partial charge in [-0.25, -0.2) is 0 Å². The number of rotatable bonds is 3. The van der Waals surface area contributed by atoms with Crippen molar-refractivity contribution in [2.75, 3.05) is 0 Å². The Morgan fingerprint density at radius 1 is 1.61 bits per heavy atom. The Bertz CT molecular complexity index is 420. The number of amides is 1. The van der Waals surface area contributed by atoms with Crippen LogP contribution in [0.1, 0.15) is 44.8 Å². The number of nitrogens with zero attached hydrogens (tertiary/aromatic N) is 1. The molecule has 98 valence electrons. The van der Waals surface area contributed by atoms with Crippen molar-refractivity contribution in [1.82, 2.24) is 10.3 Å². The van der Waals surface area contributed by atoms with E-state index in [1.54, 1.807) is 6.20 Å². The first-order chi connectivity index (χ1) is 8.54. The molecule has 0 aliphatic heterocycles. The minimum Gasteiger partial charge on any atom is -0.347 e. The van der Waals surface area contributed by atoms with Gasteiger partial charge in [0.05, 0.1) is 17.2 Å². The number of hydrogen-bond acceptors (Lipinski definition) is 3. The molecule has 1 saturated carbocycles. The second kappa shape index (κ2) is 5.06. The van der Waals surface area contributed by atoms with Crippen LogP contribution in [0.2, 0.25) is 0 Å². The molecule has 3 N–H and O–H groups in total. The highest BCUT2D eigenvalue weighted by Gasteiger charge is 2.43. The SMILES string of the molecule is C[C@H](NC(=O)C1(C)CCCC1N)c1ccccn1. The fourth-order valence-electron chi connectivity index (χ4n) is 2.54. The molecule has 0 bridgehead atoms. The second-order valence-corrected chi connectivity index (χ2v) is 5.37. The first kappa shape index (κ1) is 13.0. The van der Waals surface area contributed by atoms with Gasteiger partial charge in [-0.1, -0.05) is 12.5 Å². The Labute approximate surface area is 108 Å². The van der Waals surface area contributed by atoms with E-state index in [1.807, 2.05) is 32.0 Å². The van der Waals surface area contributed by atoms with E-state index in [1.165, 1.54) is 0 Å². The van der Waals surface area contributed by atoms with Gasteiger partial charge in [0.15, 0.2) is 0 Å². The van der Waals surface area contributed by atoms with E-state index in [2.05, 4.69) is 10.3 Å². The molecule has 1 aromatic heterocycles. The lowest BCUT2D eigenvalue weighted by Crippen LogP contribution is -2.48. The predicted molar refractivity (Wildman–Crippen MR) is 70.7 cm³/mol. The van der Waals surface area contributed by atoms with Gasteiger partial charge in [0.25, 0.3) is 0 Å². The molecule has 1 aliphatic rings. The summed E-state index contributed by atoms with van der Waals surface area (Å²) < 4.78 is 0. The highest BCUT2D eigenvalue weighted by Crippen LogP contribution is 2.37. The van der Waals surface area contributed by atoms with Crippen molar-refractivity contribution in [3.8, 4) is 0 Å². The Morgan fingerprint density at radius 3 is 2.94 bits per heavy atom. The zero-order valence-corrected chi connectivity index (χ0v) is 11.0. The topological polar surface area (TPSA) is 68.0 Å². The van der Waals surface area contributed by atoms with Gasteiger partial charge in [-0.2, -0.15) is 0 Å². The average molecular weight is 247 g/mol. The van der Waals surface area contributed by atoms with Crippen LogP contribution in [0, 0.1) is 5.41 Å². The number of nitrogens with one attached hydrogen (secondary N) is 1. The summed E-state index contributed by atoms with van der Waals surface area (Å²) in [5, 5.41) is 3.03. The molecule has 1 aromatic rings. The molecule has 18 heavy (non-hydrogen) atoms. The second-order valence-electron chi connectivity index (χ2n) is 5.37. The quantitative estimate of drug-likeness (QED) is 0.855. The van der Waals surface area contributed by atoms with Gasteiger partial charge in [-0.3, -0.25) is 9.78 Å². The van der Waals surface area contributed by atoms with Gasteiger partial charge in [0.2, 0.25) is 5.91 Å². The number of aromatic nitrogens is 1. The molecular weight excluding hydrogens is 226 g/mol. The Hall–Kier alpha value is -1.42. The van der Waals surface area contributed by atoms with Crippen molar-refractivity contribution in [2.24, 2.45) is 11.1 Å². The molecule has 0 aromatic carbocycles. The van der Waals surface area contributed by atoms with Crippen LogP contribution < -0.4 is 11.1 Å². The van der Waals surface area contributed by atoms with Crippen LogP contribution >= 0.6 is 0 Å². The molecule has 1 heterocycles. The summed E-state index contributed by atoms with van der Waals surface area (Å²) in [6, 6.07) is 5.60. The molecule has 3 atom stereocenters. The summed E-state index contributed by atoms with van der Waals surface area (Å²) in [5.41, 5.74) is 6.50. The van der Waals surface area contributed by atoms with Crippen LogP contribution in [-0.2, 0) is 4.79 Å².